The van der Waals surface area contributed by atoms with Crippen LogP contribution in [0.1, 0.15) is 34.6 Å². The normalized spacial score (nSPS) is 14.9. The molecule has 136 valence electrons. The summed E-state index contributed by atoms with van der Waals surface area (Å²) in [5.74, 6) is 0.306. The Hall–Kier alpha value is -2.80. The zero-order valence-corrected chi connectivity index (χ0v) is 15.1. The minimum Gasteiger partial charge on any atom is -0.338 e. The van der Waals surface area contributed by atoms with Gasteiger partial charge in [0.2, 0.25) is 5.95 Å². The molecule has 7 heteroatoms. The topological polar surface area (TPSA) is 78.4 Å². The summed E-state index contributed by atoms with van der Waals surface area (Å²) in [6, 6.07) is 6.85. The molecule has 0 radical (unpaired) electrons. The van der Waals surface area contributed by atoms with Crippen LogP contribution in [0.15, 0.2) is 36.7 Å². The first-order valence-corrected chi connectivity index (χ1v) is 8.78. The van der Waals surface area contributed by atoms with Crippen LogP contribution in [0.4, 0.5) is 11.6 Å². The maximum atomic E-state index is 12.4. The zero-order valence-electron chi connectivity index (χ0n) is 15.1. The number of piperazine rings is 1. The predicted octanol–water partition coefficient (Wildman–Crippen LogP) is 2.07. The molecule has 0 atom stereocenters. The van der Waals surface area contributed by atoms with E-state index in [9.17, 15) is 9.59 Å². The van der Waals surface area contributed by atoms with Gasteiger partial charge in [-0.3, -0.25) is 9.59 Å². The third-order valence-corrected chi connectivity index (χ3v) is 4.53. The molecule has 1 aliphatic heterocycles. The first-order chi connectivity index (χ1) is 12.6. The molecule has 1 N–H and O–H groups in total. The first kappa shape index (κ1) is 18.0. The van der Waals surface area contributed by atoms with Crippen LogP contribution in [-0.4, -0.2) is 59.3 Å². The van der Waals surface area contributed by atoms with E-state index in [1.165, 1.54) is 6.92 Å². The number of anilines is 2. The van der Waals surface area contributed by atoms with Crippen LogP contribution in [0.5, 0.6) is 0 Å². The molecule has 0 aliphatic carbocycles. The van der Waals surface area contributed by atoms with Gasteiger partial charge in [0.1, 0.15) is 0 Å². The van der Waals surface area contributed by atoms with Gasteiger partial charge in [0.25, 0.3) is 5.91 Å². The molecular formula is C19H23N5O2. The second-order valence-electron chi connectivity index (χ2n) is 6.28. The van der Waals surface area contributed by atoms with E-state index in [0.29, 0.717) is 22.8 Å². The lowest BCUT2D eigenvalue weighted by atomic mass is 10.1. The molecule has 26 heavy (non-hydrogen) atoms. The Morgan fingerprint density at radius 1 is 1.08 bits per heavy atom. The van der Waals surface area contributed by atoms with Gasteiger partial charge in [0.15, 0.2) is 5.78 Å². The number of carbonyl (C=O) groups is 2. The largest absolute Gasteiger partial charge is 0.338 e. The van der Waals surface area contributed by atoms with Gasteiger partial charge in [-0.2, -0.15) is 0 Å². The highest BCUT2D eigenvalue weighted by molar-refractivity contribution is 6.04. The number of aromatic nitrogens is 2. The number of hydrogen-bond donors (Lipinski definition) is 1. The maximum Gasteiger partial charge on any atom is 0.258 e. The van der Waals surface area contributed by atoms with Crippen LogP contribution in [0.3, 0.4) is 0 Å². The Labute approximate surface area is 153 Å². The summed E-state index contributed by atoms with van der Waals surface area (Å²) >= 11 is 0. The molecule has 1 saturated heterocycles. The number of hydrogen-bond acceptors (Lipinski definition) is 6. The SMILES string of the molecule is CCN1CCN(c2ncc(C(=O)Nc3cccc(C(C)=O)c3)cn2)CC1. The van der Waals surface area contributed by atoms with Crippen LogP contribution in [0.25, 0.3) is 0 Å². The monoisotopic (exact) mass is 353 g/mol. The highest BCUT2D eigenvalue weighted by Crippen LogP contribution is 2.14. The maximum absolute atomic E-state index is 12.4. The van der Waals surface area contributed by atoms with Gasteiger partial charge in [0.05, 0.1) is 5.56 Å². The Morgan fingerprint density at radius 2 is 1.77 bits per heavy atom. The second-order valence-corrected chi connectivity index (χ2v) is 6.28. The third-order valence-electron chi connectivity index (χ3n) is 4.53. The van der Waals surface area contributed by atoms with Gasteiger partial charge in [-0.1, -0.05) is 19.1 Å². The molecule has 1 aliphatic rings. The van der Waals surface area contributed by atoms with E-state index in [1.807, 2.05) is 0 Å². The molecular weight excluding hydrogens is 330 g/mol. The highest BCUT2D eigenvalue weighted by Gasteiger charge is 2.18. The lowest BCUT2D eigenvalue weighted by Gasteiger charge is -2.33. The fourth-order valence-electron chi connectivity index (χ4n) is 2.89. The van der Waals surface area contributed by atoms with E-state index >= 15 is 0 Å². The molecule has 1 amide bonds. The molecule has 0 unspecified atom stereocenters. The molecule has 0 saturated carbocycles. The summed E-state index contributed by atoms with van der Waals surface area (Å²) in [4.78, 5) is 37.0. The van der Waals surface area contributed by atoms with Crippen molar-refractivity contribution in [2.24, 2.45) is 0 Å². The number of carbonyl (C=O) groups excluding carboxylic acids is 2. The molecule has 0 spiro atoms. The van der Waals surface area contributed by atoms with Gasteiger partial charge in [0, 0.05) is 49.8 Å². The molecule has 3 rings (SSSR count). The summed E-state index contributed by atoms with van der Waals surface area (Å²) < 4.78 is 0. The summed E-state index contributed by atoms with van der Waals surface area (Å²) in [5.41, 5.74) is 1.51. The smallest absolute Gasteiger partial charge is 0.258 e. The van der Waals surface area contributed by atoms with Crippen molar-refractivity contribution in [1.82, 2.24) is 14.9 Å². The van der Waals surface area contributed by atoms with Crippen molar-refractivity contribution in [1.29, 1.82) is 0 Å². The summed E-state index contributed by atoms with van der Waals surface area (Å²) in [7, 11) is 0. The standard InChI is InChI=1S/C19H23N5O2/c1-3-23-7-9-24(10-8-23)19-20-12-16(13-21-19)18(26)22-17-6-4-5-15(11-17)14(2)25/h4-6,11-13H,3,7-10H2,1-2H3,(H,22,26). The summed E-state index contributed by atoms with van der Waals surface area (Å²) in [6.45, 7) is 8.47. The lowest BCUT2D eigenvalue weighted by Crippen LogP contribution is -2.46. The molecule has 2 heterocycles. The van der Waals surface area contributed by atoms with E-state index < -0.39 is 0 Å². The van der Waals surface area contributed by atoms with Crippen molar-refractivity contribution in [3.05, 3.63) is 47.8 Å². The van der Waals surface area contributed by atoms with Gasteiger partial charge < -0.3 is 15.1 Å². The number of rotatable bonds is 5. The third kappa shape index (κ3) is 4.23. The number of likely N-dealkylation sites (N-methyl/N-ethyl adjacent to an activating group) is 1. The van der Waals surface area contributed by atoms with Gasteiger partial charge in [-0.15, -0.1) is 0 Å². The number of nitrogens with zero attached hydrogens (tertiary/aromatic N) is 4. The minimum atomic E-state index is -0.298. The number of benzene rings is 1. The molecule has 7 nitrogen and oxygen atoms in total. The van der Waals surface area contributed by atoms with Gasteiger partial charge >= 0.3 is 0 Å². The molecule has 1 fully saturated rings. The Balaban J connectivity index is 1.64. The van der Waals surface area contributed by atoms with Crippen molar-refractivity contribution < 1.29 is 9.59 Å². The van der Waals surface area contributed by atoms with Crippen molar-refractivity contribution in [3.63, 3.8) is 0 Å². The lowest BCUT2D eigenvalue weighted by molar-refractivity contribution is 0.101. The van der Waals surface area contributed by atoms with Crippen LogP contribution < -0.4 is 10.2 Å². The van der Waals surface area contributed by atoms with Crippen LogP contribution >= 0.6 is 0 Å². The second kappa shape index (κ2) is 8.05. The molecule has 1 aromatic heterocycles. The quantitative estimate of drug-likeness (QED) is 0.829. The predicted molar refractivity (Wildman–Crippen MR) is 101 cm³/mol. The Kier molecular flexibility index (Phi) is 5.58. The summed E-state index contributed by atoms with van der Waals surface area (Å²) in [5, 5.41) is 2.77. The fourth-order valence-corrected chi connectivity index (χ4v) is 2.89. The molecule has 2 aromatic rings. The van der Waals surface area contributed by atoms with E-state index in [-0.39, 0.29) is 11.7 Å². The number of Topliss-reactive ketones (excluding diaryl/α,β-unsaturated/α-hetero) is 1. The fraction of sp³-hybridized carbons (Fsp3) is 0.368. The molecule has 1 aromatic carbocycles. The van der Waals surface area contributed by atoms with Gasteiger partial charge in [-0.25, -0.2) is 9.97 Å². The number of amides is 1. The first-order valence-electron chi connectivity index (χ1n) is 8.78. The average molecular weight is 353 g/mol. The van der Waals surface area contributed by atoms with Crippen LogP contribution in [0.2, 0.25) is 0 Å². The van der Waals surface area contributed by atoms with Crippen LogP contribution in [-0.2, 0) is 0 Å². The van der Waals surface area contributed by atoms with E-state index in [2.05, 4.69) is 32.0 Å². The zero-order chi connectivity index (χ0) is 18.5. The number of ketones is 1. The minimum absolute atomic E-state index is 0.0445. The average Bonchev–Trinajstić information content (AvgIpc) is 2.68. The summed E-state index contributed by atoms with van der Waals surface area (Å²) in [6.07, 6.45) is 3.08. The van der Waals surface area contributed by atoms with Crippen molar-refractivity contribution in [2.75, 3.05) is 42.9 Å². The Bertz CT molecular complexity index is 783. The van der Waals surface area contributed by atoms with Crippen molar-refractivity contribution in [2.45, 2.75) is 13.8 Å². The van der Waals surface area contributed by atoms with Gasteiger partial charge in [-0.05, 0) is 25.6 Å². The van der Waals surface area contributed by atoms with E-state index in [0.717, 1.165) is 32.7 Å². The molecule has 0 bridgehead atoms. The van der Waals surface area contributed by atoms with Crippen molar-refractivity contribution >= 4 is 23.3 Å². The van der Waals surface area contributed by atoms with Crippen molar-refractivity contribution in [3.8, 4) is 0 Å². The highest BCUT2D eigenvalue weighted by atomic mass is 16.1. The van der Waals surface area contributed by atoms with Crippen LogP contribution in [0, 0.1) is 0 Å². The van der Waals surface area contributed by atoms with E-state index in [4.69, 9.17) is 0 Å². The number of nitrogens with one attached hydrogen (secondary N) is 1. The van der Waals surface area contributed by atoms with E-state index in [1.54, 1.807) is 36.7 Å². The Morgan fingerprint density at radius 3 is 2.38 bits per heavy atom.